The van der Waals surface area contributed by atoms with Gasteiger partial charge in [0.1, 0.15) is 6.04 Å². The zero-order valence-electron chi connectivity index (χ0n) is 14.1. The molecule has 0 saturated carbocycles. The Balaban J connectivity index is 2.38. The Morgan fingerprint density at radius 1 is 0.821 bits per heavy atom. The number of sulfonamides is 1. The molecule has 1 N–H and O–H groups in total. The van der Waals surface area contributed by atoms with E-state index in [9.17, 15) is 38.8 Å². The lowest BCUT2D eigenvalue weighted by Gasteiger charge is -2.22. The van der Waals surface area contributed by atoms with Crippen molar-refractivity contribution in [2.24, 2.45) is 0 Å². The average molecular weight is 443 g/mol. The smallest absolute Gasteiger partial charge is 0.218 e. The summed E-state index contributed by atoms with van der Waals surface area (Å²) in [6.07, 6.45) is -4.96. The van der Waals surface area contributed by atoms with E-state index in [0.717, 1.165) is 12.1 Å². The molecule has 0 spiro atoms. The first kappa shape index (κ1) is 22.2. The summed E-state index contributed by atoms with van der Waals surface area (Å²) in [7, 11) is -9.70. The van der Waals surface area contributed by atoms with Crippen LogP contribution in [0.2, 0.25) is 0 Å². The van der Waals surface area contributed by atoms with Crippen molar-refractivity contribution in [2.45, 2.75) is 34.7 Å². The minimum absolute atomic E-state index is 0.349. The highest BCUT2D eigenvalue weighted by molar-refractivity contribution is 7.91. The van der Waals surface area contributed by atoms with Gasteiger partial charge in [-0.15, -0.1) is 0 Å². The van der Waals surface area contributed by atoms with Crippen LogP contribution < -0.4 is 4.72 Å². The molecule has 0 aromatic heterocycles. The number of rotatable bonds is 6. The molecule has 0 saturated heterocycles. The summed E-state index contributed by atoms with van der Waals surface area (Å²) in [4.78, 5) is -1.56. The summed E-state index contributed by atoms with van der Waals surface area (Å²) in [6.45, 7) is 1.64. The van der Waals surface area contributed by atoms with Gasteiger partial charge in [-0.2, -0.15) is 26.7 Å². The Morgan fingerprint density at radius 3 is 1.71 bits per heavy atom. The van der Waals surface area contributed by atoms with Crippen molar-refractivity contribution in [1.29, 1.82) is 0 Å². The van der Waals surface area contributed by atoms with Gasteiger partial charge in [0, 0.05) is 0 Å². The molecule has 154 valence electrons. The van der Waals surface area contributed by atoms with Gasteiger partial charge < -0.3 is 0 Å². The maximum atomic E-state index is 13.4. The van der Waals surface area contributed by atoms with Crippen LogP contribution in [0.5, 0.6) is 0 Å². The van der Waals surface area contributed by atoms with E-state index in [-0.39, 0.29) is 5.56 Å². The normalized spacial score (nSPS) is 14.2. The van der Waals surface area contributed by atoms with Gasteiger partial charge in [-0.25, -0.2) is 16.8 Å². The third-order valence-electron chi connectivity index (χ3n) is 3.71. The second-order valence-electron chi connectivity index (χ2n) is 5.78. The number of hydrogen-bond acceptors (Lipinski definition) is 4. The molecule has 12 heteroatoms. The molecule has 0 unspecified atom stereocenters. The van der Waals surface area contributed by atoms with Crippen molar-refractivity contribution < 1.29 is 38.8 Å². The van der Waals surface area contributed by atoms with Crippen LogP contribution in [-0.2, 0) is 19.9 Å². The molecule has 0 fully saturated rings. The first-order valence-corrected chi connectivity index (χ1v) is 10.6. The van der Waals surface area contributed by atoms with Crippen molar-refractivity contribution >= 4 is 19.9 Å². The standard InChI is InChI=1S/C16H14F5NO4S2/c1-10-2-4-11(5-3-10)14(16(19,20)21)22-28(25,26)13-8-6-12(7-9-13)27(23,24)15(17)18/h2-9,14-15,22H,1H3/t14-/m0/s1. The van der Waals surface area contributed by atoms with Crippen molar-refractivity contribution in [1.82, 2.24) is 4.72 Å². The maximum absolute atomic E-state index is 13.4. The van der Waals surface area contributed by atoms with Gasteiger partial charge in [0.15, 0.2) is 0 Å². The summed E-state index contributed by atoms with van der Waals surface area (Å²) in [5, 5.41) is 0. The highest BCUT2D eigenvalue weighted by atomic mass is 32.2. The zero-order valence-corrected chi connectivity index (χ0v) is 15.7. The van der Waals surface area contributed by atoms with Crippen LogP contribution in [0.15, 0.2) is 58.3 Å². The van der Waals surface area contributed by atoms with Crippen LogP contribution >= 0.6 is 0 Å². The Kier molecular flexibility index (Phi) is 6.16. The molecule has 0 aliphatic carbocycles. The van der Waals surface area contributed by atoms with Crippen LogP contribution in [0.25, 0.3) is 0 Å². The lowest BCUT2D eigenvalue weighted by molar-refractivity contribution is -0.153. The molecular weight excluding hydrogens is 429 g/mol. The molecule has 28 heavy (non-hydrogen) atoms. The second-order valence-corrected chi connectivity index (χ2v) is 9.42. The molecular formula is C16H14F5NO4S2. The molecule has 5 nitrogen and oxygen atoms in total. The SMILES string of the molecule is Cc1ccc([C@H](NS(=O)(=O)c2ccc(S(=O)(=O)C(F)F)cc2)C(F)(F)F)cc1. The first-order valence-electron chi connectivity index (χ1n) is 7.53. The van der Waals surface area contributed by atoms with Crippen LogP contribution in [0.4, 0.5) is 22.0 Å². The molecule has 0 radical (unpaired) electrons. The molecule has 2 aromatic rings. The van der Waals surface area contributed by atoms with Gasteiger partial charge in [0.05, 0.1) is 9.79 Å². The average Bonchev–Trinajstić information content (AvgIpc) is 2.60. The van der Waals surface area contributed by atoms with Gasteiger partial charge in [-0.05, 0) is 36.8 Å². The highest BCUT2D eigenvalue weighted by Gasteiger charge is 2.43. The highest BCUT2D eigenvalue weighted by Crippen LogP contribution is 2.34. The molecule has 0 aliphatic rings. The number of hydrogen-bond donors (Lipinski definition) is 1. The monoisotopic (exact) mass is 443 g/mol. The van der Waals surface area contributed by atoms with E-state index in [1.54, 1.807) is 6.92 Å². The summed E-state index contributed by atoms with van der Waals surface area (Å²) < 4.78 is 114. The summed E-state index contributed by atoms with van der Waals surface area (Å²) in [5.74, 6) is -3.72. The fourth-order valence-corrected chi connectivity index (χ4v) is 4.15. The van der Waals surface area contributed by atoms with E-state index < -0.39 is 47.6 Å². The fourth-order valence-electron chi connectivity index (χ4n) is 2.22. The van der Waals surface area contributed by atoms with Gasteiger partial charge in [-0.1, -0.05) is 29.8 Å². The summed E-state index contributed by atoms with van der Waals surface area (Å²) in [6, 6.07) is 4.90. The van der Waals surface area contributed by atoms with Crippen LogP contribution in [0.3, 0.4) is 0 Å². The molecule has 1 atom stereocenters. The molecule has 0 bridgehead atoms. The van der Waals surface area contributed by atoms with E-state index >= 15 is 0 Å². The Morgan fingerprint density at radius 2 is 1.29 bits per heavy atom. The van der Waals surface area contributed by atoms with Crippen molar-refractivity contribution in [3.05, 3.63) is 59.7 Å². The minimum atomic E-state index is -4.96. The van der Waals surface area contributed by atoms with Crippen molar-refractivity contribution in [3.8, 4) is 0 Å². The van der Waals surface area contributed by atoms with E-state index in [1.807, 2.05) is 0 Å². The second kappa shape index (κ2) is 7.76. The van der Waals surface area contributed by atoms with Crippen molar-refractivity contribution in [2.75, 3.05) is 0 Å². The van der Waals surface area contributed by atoms with Gasteiger partial charge in [-0.3, -0.25) is 0 Å². The van der Waals surface area contributed by atoms with Gasteiger partial charge in [0.25, 0.3) is 0 Å². The Hall–Kier alpha value is -2.05. The Bertz CT molecular complexity index is 1030. The summed E-state index contributed by atoms with van der Waals surface area (Å²) >= 11 is 0. The fraction of sp³-hybridized carbons (Fsp3) is 0.250. The zero-order chi connectivity index (χ0) is 21.3. The summed E-state index contributed by atoms with van der Waals surface area (Å²) in [5.41, 5.74) is 0.321. The quantitative estimate of drug-likeness (QED) is 0.693. The number of sulfone groups is 1. The third-order valence-corrected chi connectivity index (χ3v) is 6.55. The first-order chi connectivity index (χ1) is 12.7. The van der Waals surface area contributed by atoms with E-state index in [2.05, 4.69) is 0 Å². The number of halogens is 5. The number of alkyl halides is 5. The van der Waals surface area contributed by atoms with Crippen LogP contribution in [0.1, 0.15) is 17.2 Å². The lowest BCUT2D eigenvalue weighted by Crippen LogP contribution is -2.38. The third kappa shape index (κ3) is 4.86. The van der Waals surface area contributed by atoms with Crippen molar-refractivity contribution in [3.63, 3.8) is 0 Å². The Labute approximate surface area is 158 Å². The lowest BCUT2D eigenvalue weighted by atomic mass is 10.1. The topological polar surface area (TPSA) is 80.3 Å². The van der Waals surface area contributed by atoms with Crippen LogP contribution in [-0.4, -0.2) is 28.8 Å². The number of benzene rings is 2. The van der Waals surface area contributed by atoms with Crippen LogP contribution in [0, 0.1) is 6.92 Å². The number of aryl methyl sites for hydroxylation is 1. The predicted molar refractivity (Wildman–Crippen MR) is 89.9 cm³/mol. The number of nitrogens with one attached hydrogen (secondary N) is 1. The van der Waals surface area contributed by atoms with Gasteiger partial charge in [0.2, 0.25) is 19.9 Å². The predicted octanol–water partition coefficient (Wildman–Crippen LogP) is 3.57. The molecule has 2 aromatic carbocycles. The van der Waals surface area contributed by atoms with E-state index in [1.165, 1.54) is 16.9 Å². The van der Waals surface area contributed by atoms with E-state index in [0.29, 0.717) is 29.8 Å². The molecule has 0 amide bonds. The minimum Gasteiger partial charge on any atom is -0.218 e. The van der Waals surface area contributed by atoms with E-state index in [4.69, 9.17) is 0 Å². The molecule has 2 rings (SSSR count). The van der Waals surface area contributed by atoms with Gasteiger partial charge >= 0.3 is 11.9 Å². The largest absolute Gasteiger partial charge is 0.408 e. The molecule has 0 aliphatic heterocycles. The molecule has 0 heterocycles. The maximum Gasteiger partial charge on any atom is 0.408 e.